The number of pyridine rings is 1. The zero-order chi connectivity index (χ0) is 16.9. The highest BCUT2D eigenvalue weighted by molar-refractivity contribution is 5.78. The van der Waals surface area contributed by atoms with Crippen LogP contribution in [0.5, 0.6) is 0 Å². The number of nitrogens with one attached hydrogen (secondary N) is 1. The Morgan fingerprint density at radius 2 is 2.25 bits per heavy atom. The number of benzene rings is 1. The van der Waals surface area contributed by atoms with Crippen molar-refractivity contribution < 1.29 is 9.18 Å². The molecule has 2 aromatic rings. The van der Waals surface area contributed by atoms with Gasteiger partial charge in [-0.1, -0.05) is 25.1 Å². The summed E-state index contributed by atoms with van der Waals surface area (Å²) in [6.45, 7) is 3.80. The van der Waals surface area contributed by atoms with Crippen LogP contribution in [0.25, 0.3) is 0 Å². The summed E-state index contributed by atoms with van der Waals surface area (Å²) in [5.74, 6) is 0.153. The maximum Gasteiger partial charge on any atom is 0.234 e. The van der Waals surface area contributed by atoms with Crippen LogP contribution in [0.4, 0.5) is 4.39 Å². The number of aromatic nitrogens is 1. The number of carbonyl (C=O) groups is 1. The van der Waals surface area contributed by atoms with E-state index in [2.05, 4.69) is 22.1 Å². The first-order valence-corrected chi connectivity index (χ1v) is 8.28. The molecule has 126 valence electrons. The smallest absolute Gasteiger partial charge is 0.234 e. The third-order valence-electron chi connectivity index (χ3n) is 4.55. The van der Waals surface area contributed by atoms with Gasteiger partial charge in [-0.3, -0.25) is 14.7 Å². The molecule has 1 N–H and O–H groups in total. The number of halogens is 1. The predicted molar refractivity (Wildman–Crippen MR) is 90.6 cm³/mol. The van der Waals surface area contributed by atoms with Gasteiger partial charge < -0.3 is 5.32 Å². The molecular formula is C19H22FN3O. The summed E-state index contributed by atoms with van der Waals surface area (Å²) in [6, 6.07) is 10.6. The number of hydrogen-bond acceptors (Lipinski definition) is 3. The van der Waals surface area contributed by atoms with Crippen molar-refractivity contribution in [1.82, 2.24) is 15.2 Å². The van der Waals surface area contributed by atoms with E-state index in [-0.39, 0.29) is 17.8 Å². The fourth-order valence-electron chi connectivity index (χ4n) is 3.38. The Morgan fingerprint density at radius 3 is 3.00 bits per heavy atom. The third kappa shape index (κ3) is 3.97. The predicted octanol–water partition coefficient (Wildman–Crippen LogP) is 2.92. The van der Waals surface area contributed by atoms with Gasteiger partial charge in [0.1, 0.15) is 5.82 Å². The van der Waals surface area contributed by atoms with Crippen molar-refractivity contribution in [3.63, 3.8) is 0 Å². The molecule has 4 nitrogen and oxygen atoms in total. The summed E-state index contributed by atoms with van der Waals surface area (Å²) in [6.07, 6.45) is 4.46. The summed E-state index contributed by atoms with van der Waals surface area (Å²) in [4.78, 5) is 18.5. The van der Waals surface area contributed by atoms with Crippen LogP contribution in [-0.2, 0) is 11.3 Å². The maximum atomic E-state index is 13.5. The van der Waals surface area contributed by atoms with E-state index in [9.17, 15) is 9.18 Å². The second-order valence-electron chi connectivity index (χ2n) is 6.37. The van der Waals surface area contributed by atoms with Crippen LogP contribution in [0, 0.1) is 11.7 Å². The van der Waals surface area contributed by atoms with E-state index >= 15 is 0 Å². The van der Waals surface area contributed by atoms with E-state index in [1.165, 1.54) is 6.07 Å². The van der Waals surface area contributed by atoms with Crippen LogP contribution in [-0.4, -0.2) is 28.9 Å². The second-order valence-corrected chi connectivity index (χ2v) is 6.37. The molecule has 3 rings (SSSR count). The Hall–Kier alpha value is -2.27. The van der Waals surface area contributed by atoms with Crippen molar-refractivity contribution in [3.05, 3.63) is 65.7 Å². The number of nitrogens with zero attached hydrogens (tertiary/aromatic N) is 2. The first kappa shape index (κ1) is 16.6. The molecule has 0 aliphatic carbocycles. The zero-order valence-corrected chi connectivity index (χ0v) is 13.8. The standard InChI is InChI=1S/C19H22FN3O/c1-14-7-9-23(19(14)16-5-2-6-17(20)10-16)13-18(24)22-12-15-4-3-8-21-11-15/h2-6,8,10-11,14,19H,7,9,12-13H2,1H3,(H,22,24). The molecule has 0 saturated carbocycles. The van der Waals surface area contributed by atoms with Crippen molar-refractivity contribution in [3.8, 4) is 0 Å². The molecule has 1 aliphatic rings. The van der Waals surface area contributed by atoms with Gasteiger partial charge in [0.2, 0.25) is 5.91 Å². The number of amides is 1. The topological polar surface area (TPSA) is 45.2 Å². The zero-order valence-electron chi connectivity index (χ0n) is 13.8. The highest BCUT2D eigenvalue weighted by Gasteiger charge is 2.33. The molecule has 1 aromatic heterocycles. The van der Waals surface area contributed by atoms with Crippen LogP contribution >= 0.6 is 0 Å². The minimum absolute atomic E-state index is 0.0191. The van der Waals surface area contributed by atoms with E-state index in [0.29, 0.717) is 19.0 Å². The van der Waals surface area contributed by atoms with Gasteiger partial charge in [-0.2, -0.15) is 0 Å². The molecule has 5 heteroatoms. The first-order valence-electron chi connectivity index (χ1n) is 8.28. The Bertz CT molecular complexity index is 692. The summed E-state index contributed by atoms with van der Waals surface area (Å²) < 4.78 is 13.5. The van der Waals surface area contributed by atoms with Gasteiger partial charge >= 0.3 is 0 Å². The van der Waals surface area contributed by atoms with Crippen LogP contribution in [0.3, 0.4) is 0 Å². The third-order valence-corrected chi connectivity index (χ3v) is 4.55. The molecule has 1 saturated heterocycles. The van der Waals surface area contributed by atoms with Gasteiger partial charge in [-0.05, 0) is 48.2 Å². The molecule has 1 amide bonds. The van der Waals surface area contributed by atoms with Gasteiger partial charge in [0, 0.05) is 25.0 Å². The fraction of sp³-hybridized carbons (Fsp3) is 0.368. The molecule has 0 spiro atoms. The highest BCUT2D eigenvalue weighted by Crippen LogP contribution is 2.36. The lowest BCUT2D eigenvalue weighted by Crippen LogP contribution is -2.37. The van der Waals surface area contributed by atoms with Crippen LogP contribution in [0.1, 0.15) is 30.5 Å². The number of hydrogen-bond donors (Lipinski definition) is 1. The average molecular weight is 327 g/mol. The van der Waals surface area contributed by atoms with Crippen molar-refractivity contribution in [2.75, 3.05) is 13.1 Å². The Balaban J connectivity index is 1.62. The minimum atomic E-state index is -0.229. The van der Waals surface area contributed by atoms with Crippen molar-refractivity contribution in [2.45, 2.75) is 25.9 Å². The molecule has 1 aliphatic heterocycles. The second kappa shape index (κ2) is 7.53. The molecule has 24 heavy (non-hydrogen) atoms. The van der Waals surface area contributed by atoms with E-state index in [1.54, 1.807) is 24.5 Å². The summed E-state index contributed by atoms with van der Waals surface area (Å²) in [5.41, 5.74) is 1.92. The van der Waals surface area contributed by atoms with E-state index in [1.807, 2.05) is 18.2 Å². The van der Waals surface area contributed by atoms with E-state index in [0.717, 1.165) is 24.1 Å². The maximum absolute atomic E-state index is 13.5. The molecule has 1 aromatic carbocycles. The largest absolute Gasteiger partial charge is 0.351 e. The Morgan fingerprint density at radius 1 is 1.38 bits per heavy atom. The van der Waals surface area contributed by atoms with Gasteiger partial charge in [-0.15, -0.1) is 0 Å². The lowest BCUT2D eigenvalue weighted by atomic mass is 9.95. The normalized spacial score (nSPS) is 20.9. The molecule has 2 unspecified atom stereocenters. The number of likely N-dealkylation sites (tertiary alicyclic amines) is 1. The van der Waals surface area contributed by atoms with Crippen molar-refractivity contribution >= 4 is 5.91 Å². The SMILES string of the molecule is CC1CCN(CC(=O)NCc2cccnc2)C1c1cccc(F)c1. The number of rotatable bonds is 5. The monoisotopic (exact) mass is 327 g/mol. The Labute approximate surface area is 141 Å². The molecular weight excluding hydrogens is 305 g/mol. The van der Waals surface area contributed by atoms with Gasteiger partial charge in [0.25, 0.3) is 0 Å². The van der Waals surface area contributed by atoms with E-state index in [4.69, 9.17) is 0 Å². The van der Waals surface area contributed by atoms with E-state index < -0.39 is 0 Å². The van der Waals surface area contributed by atoms with Crippen LogP contribution in [0.2, 0.25) is 0 Å². The van der Waals surface area contributed by atoms with Crippen LogP contribution < -0.4 is 5.32 Å². The molecule has 2 atom stereocenters. The fourth-order valence-corrected chi connectivity index (χ4v) is 3.38. The van der Waals surface area contributed by atoms with Crippen molar-refractivity contribution in [1.29, 1.82) is 0 Å². The first-order chi connectivity index (χ1) is 11.6. The highest BCUT2D eigenvalue weighted by atomic mass is 19.1. The number of carbonyl (C=O) groups excluding carboxylic acids is 1. The average Bonchev–Trinajstić information content (AvgIpc) is 2.94. The molecule has 0 radical (unpaired) electrons. The molecule has 0 bridgehead atoms. The quantitative estimate of drug-likeness (QED) is 0.918. The Kier molecular flexibility index (Phi) is 5.20. The summed E-state index contributed by atoms with van der Waals surface area (Å²) in [7, 11) is 0. The summed E-state index contributed by atoms with van der Waals surface area (Å²) in [5, 5.41) is 2.93. The lowest BCUT2D eigenvalue weighted by Gasteiger charge is -2.27. The van der Waals surface area contributed by atoms with Gasteiger partial charge in [0.15, 0.2) is 0 Å². The van der Waals surface area contributed by atoms with Crippen LogP contribution in [0.15, 0.2) is 48.8 Å². The van der Waals surface area contributed by atoms with Crippen molar-refractivity contribution in [2.24, 2.45) is 5.92 Å². The lowest BCUT2D eigenvalue weighted by molar-refractivity contribution is -0.122. The van der Waals surface area contributed by atoms with Gasteiger partial charge in [0.05, 0.1) is 6.54 Å². The minimum Gasteiger partial charge on any atom is -0.351 e. The molecule has 1 fully saturated rings. The molecule has 2 heterocycles. The van der Waals surface area contributed by atoms with Gasteiger partial charge in [-0.25, -0.2) is 4.39 Å². The summed E-state index contributed by atoms with van der Waals surface area (Å²) >= 11 is 0.